The predicted octanol–water partition coefficient (Wildman–Crippen LogP) is 4.03. The number of H-pyrrole nitrogens is 1. The molecule has 4 N–H and O–H groups in total. The average molecular weight is 528 g/mol. The molecule has 3 aliphatic carbocycles. The number of aliphatic hydroxyl groups is 1. The van der Waals surface area contributed by atoms with E-state index in [9.17, 15) is 15.0 Å². The number of piperidine rings is 1. The van der Waals surface area contributed by atoms with E-state index in [0.29, 0.717) is 25.1 Å². The van der Waals surface area contributed by atoms with Crippen LogP contribution in [0.4, 0.5) is 0 Å². The predicted molar refractivity (Wildman–Crippen MR) is 148 cm³/mol. The zero-order valence-electron chi connectivity index (χ0n) is 22.6. The Balaban J connectivity index is 1.23. The van der Waals surface area contributed by atoms with Gasteiger partial charge in [-0.1, -0.05) is 19.1 Å². The lowest BCUT2D eigenvalue weighted by molar-refractivity contribution is -0.173. The maximum absolute atomic E-state index is 13.0. The number of ether oxygens (including phenoxy) is 1. The molecule has 39 heavy (non-hydrogen) atoms. The zero-order chi connectivity index (χ0) is 26.5. The number of carbonyl (C=O) groups is 1. The van der Waals surface area contributed by atoms with Crippen LogP contribution in [0.1, 0.15) is 73.1 Å². The lowest BCUT2D eigenvalue weighted by Gasteiger charge is -2.62. The van der Waals surface area contributed by atoms with Crippen molar-refractivity contribution in [3.05, 3.63) is 58.3 Å². The molecule has 1 amide bonds. The van der Waals surface area contributed by atoms with Crippen molar-refractivity contribution in [2.24, 2.45) is 5.92 Å². The van der Waals surface area contributed by atoms with Crippen LogP contribution in [0.3, 0.4) is 0 Å². The minimum atomic E-state index is -0.983. The first-order valence-electron chi connectivity index (χ1n) is 14.8. The summed E-state index contributed by atoms with van der Waals surface area (Å²) in [6, 6.07) is 10.3. The normalized spacial score (nSPS) is 30.1. The lowest BCUT2D eigenvalue weighted by atomic mass is 9.49. The Kier molecular flexibility index (Phi) is 5.03. The molecule has 7 nitrogen and oxygen atoms in total. The average Bonchev–Trinajstić information content (AvgIpc) is 3.56. The number of nitrogens with zero attached hydrogens (tertiary/aromatic N) is 1. The number of benzene rings is 2. The highest BCUT2D eigenvalue weighted by molar-refractivity contribution is 5.87. The van der Waals surface area contributed by atoms with Crippen LogP contribution >= 0.6 is 0 Å². The number of phenols is 1. The third-order valence-corrected chi connectivity index (χ3v) is 10.4. The quantitative estimate of drug-likeness (QED) is 0.372. The topological polar surface area (TPSA) is 97.8 Å². The van der Waals surface area contributed by atoms with Crippen LogP contribution in [-0.2, 0) is 29.5 Å². The lowest BCUT2D eigenvalue weighted by Crippen LogP contribution is -2.74. The number of hydrogen-bond donors (Lipinski definition) is 4. The number of carbonyl (C=O) groups excluding carboxylic acids is 1. The second-order valence-corrected chi connectivity index (χ2v) is 12.7. The van der Waals surface area contributed by atoms with Crippen molar-refractivity contribution in [3.8, 4) is 11.5 Å². The number of fused-ring (bicyclic) bond motifs is 4. The minimum absolute atomic E-state index is 0.0241. The number of amides is 1. The molecule has 2 fully saturated rings. The molecule has 7 heteroatoms. The Hall–Kier alpha value is -3.03. The third-order valence-electron chi connectivity index (χ3n) is 10.4. The van der Waals surface area contributed by atoms with Crippen LogP contribution in [0.5, 0.6) is 11.5 Å². The van der Waals surface area contributed by atoms with E-state index in [1.807, 2.05) is 6.92 Å². The van der Waals surface area contributed by atoms with Crippen LogP contribution in [0.2, 0.25) is 0 Å². The molecule has 204 valence electrons. The fourth-order valence-corrected chi connectivity index (χ4v) is 8.49. The Labute approximate surface area is 228 Å². The van der Waals surface area contributed by atoms with E-state index in [0.717, 1.165) is 72.4 Å². The number of nitrogens with one attached hydrogen (secondary N) is 2. The van der Waals surface area contributed by atoms with Gasteiger partial charge in [-0.3, -0.25) is 9.69 Å². The third kappa shape index (κ3) is 3.20. The molecule has 0 radical (unpaired) electrons. The van der Waals surface area contributed by atoms with Crippen molar-refractivity contribution in [1.82, 2.24) is 15.2 Å². The van der Waals surface area contributed by atoms with E-state index in [4.69, 9.17) is 4.74 Å². The molecule has 3 aromatic rings. The van der Waals surface area contributed by atoms with Gasteiger partial charge in [0.15, 0.2) is 17.6 Å². The summed E-state index contributed by atoms with van der Waals surface area (Å²) in [6.07, 6.45) is 6.57. The molecule has 0 unspecified atom stereocenters. The van der Waals surface area contributed by atoms with Crippen molar-refractivity contribution < 1.29 is 19.7 Å². The Morgan fingerprint density at radius 3 is 2.95 bits per heavy atom. The summed E-state index contributed by atoms with van der Waals surface area (Å²) in [7, 11) is 0. The summed E-state index contributed by atoms with van der Waals surface area (Å²) < 4.78 is 6.70. The summed E-state index contributed by atoms with van der Waals surface area (Å²) >= 11 is 0. The van der Waals surface area contributed by atoms with E-state index >= 15 is 0 Å². The van der Waals surface area contributed by atoms with E-state index in [-0.39, 0.29) is 23.8 Å². The summed E-state index contributed by atoms with van der Waals surface area (Å²) in [5, 5.41) is 28.0. The number of phenolic OH excluding ortho intramolecular Hbond substituents is 1. The fourth-order valence-electron chi connectivity index (χ4n) is 8.49. The zero-order valence-corrected chi connectivity index (χ0v) is 22.6. The molecular weight excluding hydrogens is 490 g/mol. The summed E-state index contributed by atoms with van der Waals surface area (Å²) in [5.41, 5.74) is 5.11. The fraction of sp³-hybridized carbons (Fsp3) is 0.531. The standard InChI is InChI=1S/C32H37N3O4/c1-2-3-26(37)33-12-10-18-6-8-23-21(14-18)22-16-32(38)25-15-20-7-9-24(36)29-27(20)31(32,30(39-29)28(22)34-23)11-13-35(25)17-19-4-5-19/h6-9,14,19,25,30,34,36,38H,2-5,10-13,15-17H2,1H3,(H,33,37)/t25-,30-,31-,32+/m0/s1. The number of aromatic amines is 1. The maximum Gasteiger partial charge on any atom is 0.219 e. The molecule has 2 bridgehead atoms. The monoisotopic (exact) mass is 527 g/mol. The molecule has 5 aliphatic rings. The van der Waals surface area contributed by atoms with E-state index in [2.05, 4.69) is 39.5 Å². The number of rotatable bonds is 7. The Morgan fingerprint density at radius 2 is 2.13 bits per heavy atom. The molecule has 3 heterocycles. The molecule has 2 aliphatic heterocycles. The van der Waals surface area contributed by atoms with Crippen LogP contribution in [0.15, 0.2) is 30.3 Å². The number of aromatic nitrogens is 1. The van der Waals surface area contributed by atoms with Gasteiger partial charge in [-0.15, -0.1) is 0 Å². The largest absolute Gasteiger partial charge is 0.504 e. The first-order valence-corrected chi connectivity index (χ1v) is 14.8. The number of likely N-dealkylation sites (tertiary alicyclic amines) is 1. The number of hydrogen-bond acceptors (Lipinski definition) is 5. The summed E-state index contributed by atoms with van der Waals surface area (Å²) in [4.78, 5) is 18.2. The minimum Gasteiger partial charge on any atom is -0.504 e. The van der Waals surface area contributed by atoms with Gasteiger partial charge in [0, 0.05) is 48.4 Å². The van der Waals surface area contributed by atoms with Crippen molar-refractivity contribution in [1.29, 1.82) is 0 Å². The highest BCUT2D eigenvalue weighted by Crippen LogP contribution is 2.69. The SMILES string of the molecule is CCCC(=O)NCCc1ccc2[nH]c3c(c2c1)C[C@@]1(O)[C@@H]2Cc4ccc(O)c5c4[C@@]1(CCN2CC1CC1)[C@H]3O5. The van der Waals surface area contributed by atoms with Gasteiger partial charge in [-0.2, -0.15) is 0 Å². The van der Waals surface area contributed by atoms with E-state index < -0.39 is 11.0 Å². The van der Waals surface area contributed by atoms with Crippen molar-refractivity contribution >= 4 is 16.8 Å². The molecule has 8 rings (SSSR count). The first kappa shape index (κ1) is 23.8. The molecule has 2 aromatic carbocycles. The van der Waals surface area contributed by atoms with Gasteiger partial charge < -0.3 is 25.3 Å². The van der Waals surface area contributed by atoms with Gasteiger partial charge in [-0.25, -0.2) is 0 Å². The van der Waals surface area contributed by atoms with Gasteiger partial charge in [0.2, 0.25) is 5.91 Å². The van der Waals surface area contributed by atoms with E-state index in [1.54, 1.807) is 6.07 Å². The van der Waals surface area contributed by atoms with Crippen molar-refractivity contribution in [2.45, 2.75) is 81.5 Å². The van der Waals surface area contributed by atoms with Gasteiger partial charge in [0.05, 0.1) is 16.7 Å². The smallest absolute Gasteiger partial charge is 0.219 e. The molecule has 1 spiro atoms. The summed E-state index contributed by atoms with van der Waals surface area (Å²) in [5.74, 6) is 1.59. The van der Waals surface area contributed by atoms with Crippen molar-refractivity contribution in [3.63, 3.8) is 0 Å². The molecule has 1 saturated carbocycles. The molecule has 1 aromatic heterocycles. The van der Waals surface area contributed by atoms with Crippen LogP contribution in [-0.4, -0.2) is 57.3 Å². The first-order chi connectivity index (χ1) is 18.9. The summed E-state index contributed by atoms with van der Waals surface area (Å²) in [6.45, 7) is 4.64. The second-order valence-electron chi connectivity index (χ2n) is 12.7. The highest BCUT2D eigenvalue weighted by atomic mass is 16.5. The van der Waals surface area contributed by atoms with Gasteiger partial charge >= 0.3 is 0 Å². The van der Waals surface area contributed by atoms with Crippen LogP contribution < -0.4 is 10.1 Å². The van der Waals surface area contributed by atoms with Crippen LogP contribution in [0, 0.1) is 5.92 Å². The molecule has 4 atom stereocenters. The Bertz CT molecular complexity index is 1510. The van der Waals surface area contributed by atoms with Gasteiger partial charge in [-0.05, 0) is 85.9 Å². The van der Waals surface area contributed by atoms with Gasteiger partial charge in [0.25, 0.3) is 0 Å². The number of aromatic hydroxyl groups is 1. The molecular formula is C32H37N3O4. The molecule has 1 saturated heterocycles. The highest BCUT2D eigenvalue weighted by Gasteiger charge is 2.72. The van der Waals surface area contributed by atoms with Gasteiger partial charge in [0.1, 0.15) is 0 Å². The van der Waals surface area contributed by atoms with E-state index in [1.165, 1.54) is 24.0 Å². The second kappa shape index (κ2) is 8.24. The van der Waals surface area contributed by atoms with Crippen LogP contribution in [0.25, 0.3) is 10.9 Å². The maximum atomic E-state index is 13.0. The van der Waals surface area contributed by atoms with Crippen molar-refractivity contribution in [2.75, 3.05) is 19.6 Å². The Morgan fingerprint density at radius 1 is 1.26 bits per heavy atom.